The lowest BCUT2D eigenvalue weighted by atomic mass is 9.86. The van der Waals surface area contributed by atoms with Crippen LogP contribution in [0.15, 0.2) is 18.2 Å². The molecule has 1 aliphatic heterocycles. The number of hydrogen-bond donors (Lipinski definition) is 1. The third-order valence-electron chi connectivity index (χ3n) is 4.35. The number of carboxylic acid groups (broad SMARTS) is 1. The van der Waals surface area contributed by atoms with Gasteiger partial charge < -0.3 is 10.0 Å². The van der Waals surface area contributed by atoms with Gasteiger partial charge in [0.1, 0.15) is 0 Å². The number of benzene rings is 1. The summed E-state index contributed by atoms with van der Waals surface area (Å²) in [6.45, 7) is 6.44. The monoisotopic (exact) mass is 289 g/mol. The van der Waals surface area contributed by atoms with E-state index >= 15 is 0 Å². The van der Waals surface area contributed by atoms with E-state index in [1.807, 2.05) is 39.0 Å². The topological polar surface area (TPSA) is 57.6 Å². The molecule has 1 fully saturated rings. The molecule has 21 heavy (non-hydrogen) atoms. The van der Waals surface area contributed by atoms with Gasteiger partial charge in [-0.1, -0.05) is 23.8 Å². The van der Waals surface area contributed by atoms with Crippen molar-refractivity contribution < 1.29 is 14.7 Å². The van der Waals surface area contributed by atoms with Gasteiger partial charge in [-0.15, -0.1) is 0 Å². The maximum absolute atomic E-state index is 12.3. The summed E-state index contributed by atoms with van der Waals surface area (Å²) in [5, 5.41) is 9.62. The Morgan fingerprint density at radius 2 is 2.10 bits per heavy atom. The number of likely N-dealkylation sites (tertiary alicyclic amines) is 1. The van der Waals surface area contributed by atoms with Gasteiger partial charge in [-0.3, -0.25) is 9.59 Å². The van der Waals surface area contributed by atoms with Crippen LogP contribution in [0.5, 0.6) is 0 Å². The van der Waals surface area contributed by atoms with Crippen LogP contribution in [0.4, 0.5) is 0 Å². The van der Waals surface area contributed by atoms with Crippen LogP contribution in [-0.4, -0.2) is 28.4 Å². The molecule has 0 aliphatic carbocycles. The Morgan fingerprint density at radius 3 is 2.71 bits per heavy atom. The Labute approximate surface area is 125 Å². The first-order valence-electron chi connectivity index (χ1n) is 7.55. The first-order valence-corrected chi connectivity index (χ1v) is 7.55. The molecular weight excluding hydrogens is 266 g/mol. The number of aryl methyl sites for hydroxylation is 2. The van der Waals surface area contributed by atoms with E-state index in [1.165, 1.54) is 0 Å². The molecule has 2 rings (SSSR count). The van der Waals surface area contributed by atoms with Gasteiger partial charge in [-0.05, 0) is 44.7 Å². The van der Waals surface area contributed by atoms with Crippen LogP contribution in [-0.2, 0) is 9.59 Å². The van der Waals surface area contributed by atoms with E-state index in [0.29, 0.717) is 25.8 Å². The van der Waals surface area contributed by atoms with Gasteiger partial charge in [0.15, 0.2) is 0 Å². The Bertz CT molecular complexity index is 551. The van der Waals surface area contributed by atoms with Gasteiger partial charge in [0, 0.05) is 13.0 Å². The highest BCUT2D eigenvalue weighted by atomic mass is 16.4. The number of aliphatic carboxylic acids is 1. The molecule has 114 valence electrons. The van der Waals surface area contributed by atoms with E-state index in [9.17, 15) is 14.7 Å². The number of hydrogen-bond acceptors (Lipinski definition) is 2. The van der Waals surface area contributed by atoms with Crippen LogP contribution >= 0.6 is 0 Å². The average molecular weight is 289 g/mol. The first kappa shape index (κ1) is 15.5. The van der Waals surface area contributed by atoms with Gasteiger partial charge in [-0.25, -0.2) is 0 Å². The molecule has 2 unspecified atom stereocenters. The number of carbonyl (C=O) groups excluding carboxylic acids is 1. The zero-order valence-electron chi connectivity index (χ0n) is 12.9. The fourth-order valence-electron chi connectivity index (χ4n) is 3.24. The zero-order chi connectivity index (χ0) is 15.6. The molecule has 4 heteroatoms. The molecule has 0 radical (unpaired) electrons. The van der Waals surface area contributed by atoms with E-state index < -0.39 is 11.9 Å². The average Bonchev–Trinajstić information content (AvgIpc) is 2.60. The summed E-state index contributed by atoms with van der Waals surface area (Å²) >= 11 is 0. The minimum absolute atomic E-state index is 0.0622. The number of amides is 1. The van der Waals surface area contributed by atoms with E-state index in [-0.39, 0.29) is 11.9 Å². The van der Waals surface area contributed by atoms with E-state index in [2.05, 4.69) is 0 Å². The second-order valence-electron chi connectivity index (χ2n) is 5.82. The summed E-state index contributed by atoms with van der Waals surface area (Å²) in [6, 6.07) is 5.69. The van der Waals surface area contributed by atoms with Gasteiger partial charge in [0.2, 0.25) is 5.91 Å². The molecule has 0 saturated carbocycles. The smallest absolute Gasteiger partial charge is 0.308 e. The molecule has 1 aromatic carbocycles. The van der Waals surface area contributed by atoms with Crippen molar-refractivity contribution in [1.29, 1.82) is 0 Å². The van der Waals surface area contributed by atoms with Crippen molar-refractivity contribution in [2.24, 2.45) is 5.92 Å². The lowest BCUT2D eigenvalue weighted by Gasteiger charge is -2.34. The largest absolute Gasteiger partial charge is 0.481 e. The Morgan fingerprint density at radius 1 is 1.38 bits per heavy atom. The Kier molecular flexibility index (Phi) is 4.66. The fourth-order valence-corrected chi connectivity index (χ4v) is 3.24. The molecule has 0 spiro atoms. The van der Waals surface area contributed by atoms with E-state index in [0.717, 1.165) is 16.7 Å². The molecule has 1 aliphatic rings. The summed E-state index contributed by atoms with van der Waals surface area (Å²) < 4.78 is 0. The first-order chi connectivity index (χ1) is 9.95. The third kappa shape index (κ3) is 3.09. The molecule has 1 N–H and O–H groups in total. The van der Waals surface area contributed by atoms with Crippen molar-refractivity contribution in [3.8, 4) is 0 Å². The summed E-state index contributed by atoms with van der Waals surface area (Å²) in [5.41, 5.74) is 3.11. The fraction of sp³-hybridized carbons (Fsp3) is 0.529. The lowest BCUT2D eigenvalue weighted by Crippen LogP contribution is -2.39. The summed E-state index contributed by atoms with van der Waals surface area (Å²) in [7, 11) is 0. The van der Waals surface area contributed by atoms with E-state index in [1.54, 1.807) is 4.90 Å². The standard InChI is InChI=1S/C17H23NO3/c1-4-18-15(19)7-5-6-13(17(20)21)16(18)14-10-11(2)8-9-12(14)3/h8-10,13,16H,4-7H2,1-3H3,(H,20,21). The maximum Gasteiger partial charge on any atom is 0.308 e. The van der Waals surface area contributed by atoms with Crippen LogP contribution in [0.1, 0.15) is 48.9 Å². The highest BCUT2D eigenvalue weighted by Crippen LogP contribution is 2.37. The van der Waals surface area contributed by atoms with Gasteiger partial charge in [0.05, 0.1) is 12.0 Å². The van der Waals surface area contributed by atoms with Crippen LogP contribution in [0.25, 0.3) is 0 Å². The predicted molar refractivity (Wildman–Crippen MR) is 81.0 cm³/mol. The van der Waals surface area contributed by atoms with Gasteiger partial charge >= 0.3 is 5.97 Å². The quantitative estimate of drug-likeness (QED) is 0.930. The SMILES string of the molecule is CCN1C(=O)CCCC(C(=O)O)C1c1cc(C)ccc1C. The Balaban J connectivity index is 2.56. The summed E-state index contributed by atoms with van der Waals surface area (Å²) in [5.74, 6) is -1.28. The Hall–Kier alpha value is -1.84. The number of nitrogens with zero attached hydrogens (tertiary/aromatic N) is 1. The summed E-state index contributed by atoms with van der Waals surface area (Å²) in [4.78, 5) is 25.8. The van der Waals surface area contributed by atoms with Gasteiger partial charge in [0.25, 0.3) is 0 Å². The zero-order valence-corrected chi connectivity index (χ0v) is 12.9. The van der Waals surface area contributed by atoms with Crippen LogP contribution in [0.2, 0.25) is 0 Å². The molecule has 1 amide bonds. The molecule has 0 aromatic heterocycles. The third-order valence-corrected chi connectivity index (χ3v) is 4.35. The molecular formula is C17H23NO3. The van der Waals surface area contributed by atoms with E-state index in [4.69, 9.17) is 0 Å². The number of carboxylic acids is 1. The molecule has 1 aromatic rings. The highest BCUT2D eigenvalue weighted by molar-refractivity contribution is 5.80. The second kappa shape index (κ2) is 6.29. The van der Waals surface area contributed by atoms with Gasteiger partial charge in [-0.2, -0.15) is 0 Å². The number of rotatable bonds is 3. The lowest BCUT2D eigenvalue weighted by molar-refractivity contribution is -0.146. The highest BCUT2D eigenvalue weighted by Gasteiger charge is 2.38. The van der Waals surface area contributed by atoms with Crippen molar-refractivity contribution in [2.75, 3.05) is 6.54 Å². The van der Waals surface area contributed by atoms with Crippen molar-refractivity contribution in [3.63, 3.8) is 0 Å². The minimum atomic E-state index is -0.811. The molecule has 0 bridgehead atoms. The molecule has 2 atom stereocenters. The van der Waals surface area contributed by atoms with Crippen molar-refractivity contribution >= 4 is 11.9 Å². The maximum atomic E-state index is 12.3. The van der Waals surface area contributed by atoms with Crippen molar-refractivity contribution in [2.45, 2.75) is 46.1 Å². The van der Waals surface area contributed by atoms with Crippen molar-refractivity contribution in [1.82, 2.24) is 4.90 Å². The molecule has 4 nitrogen and oxygen atoms in total. The normalized spacial score (nSPS) is 23.0. The molecule has 1 heterocycles. The van der Waals surface area contributed by atoms with Crippen LogP contribution < -0.4 is 0 Å². The summed E-state index contributed by atoms with van der Waals surface area (Å²) in [6.07, 6.45) is 1.64. The van der Waals surface area contributed by atoms with Crippen LogP contribution in [0.3, 0.4) is 0 Å². The molecule has 1 saturated heterocycles. The minimum Gasteiger partial charge on any atom is -0.481 e. The predicted octanol–water partition coefficient (Wildman–Crippen LogP) is 3.08. The van der Waals surface area contributed by atoms with Crippen molar-refractivity contribution in [3.05, 3.63) is 34.9 Å². The number of carbonyl (C=O) groups is 2. The second-order valence-corrected chi connectivity index (χ2v) is 5.82. The van der Waals surface area contributed by atoms with Crippen LogP contribution in [0, 0.1) is 19.8 Å².